The SMILES string of the molecule is CCC(=O)N(CC)CC.Cl.Cl. The Hall–Kier alpha value is 0.0500. The second kappa shape index (κ2) is 10.0. The molecule has 0 aromatic rings. The van der Waals surface area contributed by atoms with Gasteiger partial charge < -0.3 is 4.90 Å². The van der Waals surface area contributed by atoms with E-state index in [-0.39, 0.29) is 30.7 Å². The summed E-state index contributed by atoms with van der Waals surface area (Å²) < 4.78 is 0. The van der Waals surface area contributed by atoms with Crippen molar-refractivity contribution in [2.45, 2.75) is 27.2 Å². The van der Waals surface area contributed by atoms with Crippen LogP contribution in [0.4, 0.5) is 0 Å². The summed E-state index contributed by atoms with van der Waals surface area (Å²) in [5, 5.41) is 0. The second-order valence-electron chi connectivity index (χ2n) is 1.92. The van der Waals surface area contributed by atoms with E-state index in [4.69, 9.17) is 0 Å². The molecular formula is C7H17Cl2NO. The van der Waals surface area contributed by atoms with Gasteiger partial charge in [0.25, 0.3) is 0 Å². The fourth-order valence-corrected chi connectivity index (χ4v) is 0.800. The van der Waals surface area contributed by atoms with Gasteiger partial charge in [-0.05, 0) is 13.8 Å². The molecule has 0 heterocycles. The van der Waals surface area contributed by atoms with Gasteiger partial charge in [0.05, 0.1) is 0 Å². The van der Waals surface area contributed by atoms with Gasteiger partial charge in [-0.25, -0.2) is 0 Å². The van der Waals surface area contributed by atoms with Crippen molar-refractivity contribution >= 4 is 30.7 Å². The van der Waals surface area contributed by atoms with Gasteiger partial charge in [-0.1, -0.05) is 6.92 Å². The van der Waals surface area contributed by atoms with Gasteiger partial charge in [0.1, 0.15) is 0 Å². The number of amides is 1. The van der Waals surface area contributed by atoms with Gasteiger partial charge in [0.2, 0.25) is 5.91 Å². The van der Waals surface area contributed by atoms with Gasteiger partial charge >= 0.3 is 0 Å². The number of halogens is 2. The minimum Gasteiger partial charge on any atom is -0.343 e. The molecule has 0 N–H and O–H groups in total. The third kappa shape index (κ3) is 6.45. The van der Waals surface area contributed by atoms with Crippen LogP contribution in [0.2, 0.25) is 0 Å². The van der Waals surface area contributed by atoms with Crippen LogP contribution in [0.15, 0.2) is 0 Å². The van der Waals surface area contributed by atoms with Crippen molar-refractivity contribution in [1.82, 2.24) is 4.90 Å². The molecule has 0 aromatic carbocycles. The van der Waals surface area contributed by atoms with Crippen LogP contribution in [-0.2, 0) is 4.79 Å². The average Bonchev–Trinajstić information content (AvgIpc) is 1.90. The van der Waals surface area contributed by atoms with Crippen LogP contribution in [0.25, 0.3) is 0 Å². The van der Waals surface area contributed by atoms with Crippen molar-refractivity contribution in [2.75, 3.05) is 13.1 Å². The van der Waals surface area contributed by atoms with Crippen LogP contribution in [0.3, 0.4) is 0 Å². The maximum absolute atomic E-state index is 10.9. The number of hydrogen-bond donors (Lipinski definition) is 0. The maximum atomic E-state index is 10.9. The lowest BCUT2D eigenvalue weighted by Crippen LogP contribution is -2.29. The summed E-state index contributed by atoms with van der Waals surface area (Å²) in [5.74, 6) is 0.250. The summed E-state index contributed by atoms with van der Waals surface area (Å²) in [6.07, 6.45) is 0.627. The van der Waals surface area contributed by atoms with E-state index >= 15 is 0 Å². The van der Waals surface area contributed by atoms with Gasteiger partial charge in [-0.15, -0.1) is 24.8 Å². The monoisotopic (exact) mass is 201 g/mol. The molecule has 11 heavy (non-hydrogen) atoms. The van der Waals surface area contributed by atoms with Crippen molar-refractivity contribution in [1.29, 1.82) is 0 Å². The quantitative estimate of drug-likeness (QED) is 0.686. The molecule has 1 amide bonds. The van der Waals surface area contributed by atoms with Crippen LogP contribution < -0.4 is 0 Å². The highest BCUT2D eigenvalue weighted by molar-refractivity contribution is 5.85. The van der Waals surface area contributed by atoms with Crippen molar-refractivity contribution in [3.05, 3.63) is 0 Å². The van der Waals surface area contributed by atoms with E-state index in [1.807, 2.05) is 25.7 Å². The van der Waals surface area contributed by atoms with Gasteiger partial charge in [-0.2, -0.15) is 0 Å². The molecule has 0 saturated carbocycles. The summed E-state index contributed by atoms with van der Waals surface area (Å²) in [7, 11) is 0. The predicted octanol–water partition coefficient (Wildman–Crippen LogP) is 2.11. The van der Waals surface area contributed by atoms with E-state index in [0.29, 0.717) is 6.42 Å². The lowest BCUT2D eigenvalue weighted by atomic mass is 10.4. The maximum Gasteiger partial charge on any atom is 0.222 e. The largest absolute Gasteiger partial charge is 0.343 e. The van der Waals surface area contributed by atoms with Crippen molar-refractivity contribution < 1.29 is 4.79 Å². The number of rotatable bonds is 3. The Morgan fingerprint density at radius 1 is 1.09 bits per heavy atom. The van der Waals surface area contributed by atoms with E-state index in [9.17, 15) is 4.79 Å². The number of carbonyl (C=O) groups excluding carboxylic acids is 1. The first-order valence-electron chi connectivity index (χ1n) is 3.54. The third-order valence-corrected chi connectivity index (χ3v) is 1.42. The molecule has 0 aromatic heterocycles. The molecule has 0 unspecified atom stereocenters. The average molecular weight is 202 g/mol. The topological polar surface area (TPSA) is 20.3 Å². The van der Waals surface area contributed by atoms with E-state index in [2.05, 4.69) is 0 Å². The minimum absolute atomic E-state index is 0. The Morgan fingerprint density at radius 3 is 1.55 bits per heavy atom. The Balaban J connectivity index is -0.000000320. The van der Waals surface area contributed by atoms with E-state index in [1.54, 1.807) is 0 Å². The second-order valence-corrected chi connectivity index (χ2v) is 1.92. The molecule has 0 spiro atoms. The molecule has 0 bridgehead atoms. The molecule has 0 rings (SSSR count). The lowest BCUT2D eigenvalue weighted by molar-refractivity contribution is -0.130. The van der Waals surface area contributed by atoms with E-state index in [1.165, 1.54) is 0 Å². The van der Waals surface area contributed by atoms with Crippen LogP contribution >= 0.6 is 24.8 Å². The zero-order valence-electron chi connectivity index (χ0n) is 7.29. The molecule has 0 saturated heterocycles. The highest BCUT2D eigenvalue weighted by Gasteiger charge is 2.03. The molecule has 0 aliphatic heterocycles. The summed E-state index contributed by atoms with van der Waals surface area (Å²) in [5.41, 5.74) is 0. The Labute approximate surface area is 81.2 Å². The van der Waals surface area contributed by atoms with E-state index < -0.39 is 0 Å². The molecule has 0 fully saturated rings. The number of hydrogen-bond acceptors (Lipinski definition) is 1. The first-order valence-corrected chi connectivity index (χ1v) is 3.54. The Kier molecular flexibility index (Phi) is 15.7. The zero-order chi connectivity index (χ0) is 7.28. The van der Waals surface area contributed by atoms with Crippen LogP contribution in [0.1, 0.15) is 27.2 Å². The van der Waals surface area contributed by atoms with Gasteiger partial charge in [-0.3, -0.25) is 4.79 Å². The van der Waals surface area contributed by atoms with E-state index in [0.717, 1.165) is 13.1 Å². The first-order chi connectivity index (χ1) is 4.26. The fourth-order valence-electron chi connectivity index (χ4n) is 0.800. The molecule has 70 valence electrons. The van der Waals surface area contributed by atoms with Crippen LogP contribution in [-0.4, -0.2) is 23.9 Å². The van der Waals surface area contributed by atoms with Crippen molar-refractivity contribution in [3.8, 4) is 0 Å². The summed E-state index contributed by atoms with van der Waals surface area (Å²) in [6.45, 7) is 7.56. The highest BCUT2D eigenvalue weighted by atomic mass is 35.5. The normalized spacial score (nSPS) is 7.55. The zero-order valence-corrected chi connectivity index (χ0v) is 8.93. The number of carbonyl (C=O) groups is 1. The highest BCUT2D eigenvalue weighted by Crippen LogP contribution is 1.90. The van der Waals surface area contributed by atoms with Crippen molar-refractivity contribution in [3.63, 3.8) is 0 Å². The Morgan fingerprint density at radius 2 is 1.45 bits per heavy atom. The standard InChI is InChI=1S/C7H15NO.2ClH/c1-4-7(9)8(5-2)6-3;;/h4-6H2,1-3H3;2*1H. The minimum atomic E-state index is 0. The predicted molar refractivity (Wildman–Crippen MR) is 52.7 cm³/mol. The lowest BCUT2D eigenvalue weighted by Gasteiger charge is -2.16. The molecule has 4 heteroatoms. The molecular weight excluding hydrogens is 185 g/mol. The summed E-state index contributed by atoms with van der Waals surface area (Å²) in [4.78, 5) is 12.7. The smallest absolute Gasteiger partial charge is 0.222 e. The van der Waals surface area contributed by atoms with Gasteiger partial charge in [0, 0.05) is 19.5 Å². The molecule has 2 nitrogen and oxygen atoms in total. The molecule has 0 aliphatic carbocycles. The summed E-state index contributed by atoms with van der Waals surface area (Å²) in [6, 6.07) is 0. The number of nitrogens with zero attached hydrogens (tertiary/aromatic N) is 1. The van der Waals surface area contributed by atoms with Gasteiger partial charge in [0.15, 0.2) is 0 Å². The summed E-state index contributed by atoms with van der Waals surface area (Å²) >= 11 is 0. The third-order valence-electron chi connectivity index (χ3n) is 1.42. The fraction of sp³-hybridized carbons (Fsp3) is 0.857. The van der Waals surface area contributed by atoms with Crippen LogP contribution in [0, 0.1) is 0 Å². The molecule has 0 radical (unpaired) electrons. The molecule has 0 aliphatic rings. The Bertz CT molecular complexity index is 94.4. The first kappa shape index (κ1) is 17.2. The molecule has 0 atom stereocenters. The van der Waals surface area contributed by atoms with Crippen LogP contribution in [0.5, 0.6) is 0 Å². The van der Waals surface area contributed by atoms with Crippen molar-refractivity contribution in [2.24, 2.45) is 0 Å².